The number of nitriles is 1. The molecule has 0 heterocycles. The van der Waals surface area contributed by atoms with Crippen molar-refractivity contribution in [1.29, 1.82) is 5.26 Å². The van der Waals surface area contributed by atoms with Gasteiger partial charge in [-0.15, -0.1) is 0 Å². The highest BCUT2D eigenvalue weighted by atomic mass is 16.5. The summed E-state index contributed by atoms with van der Waals surface area (Å²) >= 11 is 0. The first-order chi connectivity index (χ1) is 7.24. The summed E-state index contributed by atoms with van der Waals surface area (Å²) in [5.41, 5.74) is 0.262. The van der Waals surface area contributed by atoms with Gasteiger partial charge in [-0.25, -0.2) is 0 Å². The van der Waals surface area contributed by atoms with Crippen LogP contribution < -0.4 is 14.8 Å². The lowest BCUT2D eigenvalue weighted by molar-refractivity contribution is 0.0969. The topological polar surface area (TPSA) is 71.3 Å². The minimum atomic E-state index is -0.520. The van der Waals surface area contributed by atoms with Crippen LogP contribution in [0.3, 0.4) is 0 Å². The van der Waals surface area contributed by atoms with Crippen LogP contribution in [0.5, 0.6) is 11.5 Å². The van der Waals surface area contributed by atoms with Crippen molar-refractivity contribution < 1.29 is 14.3 Å². The first-order valence-electron chi connectivity index (χ1n) is 4.15. The average Bonchev–Trinajstić information content (AvgIpc) is 2.28. The molecule has 0 aliphatic carbocycles. The maximum absolute atomic E-state index is 11.4. The second kappa shape index (κ2) is 4.86. The van der Waals surface area contributed by atoms with E-state index in [0.717, 1.165) is 0 Å². The van der Waals surface area contributed by atoms with E-state index in [9.17, 15) is 4.79 Å². The van der Waals surface area contributed by atoms with E-state index in [1.807, 2.05) is 5.32 Å². The highest BCUT2D eigenvalue weighted by Gasteiger charge is 2.15. The molecule has 0 aromatic heterocycles. The van der Waals surface area contributed by atoms with Crippen molar-refractivity contribution in [1.82, 2.24) is 5.32 Å². The molecule has 15 heavy (non-hydrogen) atoms. The third-order valence-corrected chi connectivity index (χ3v) is 1.82. The average molecular weight is 206 g/mol. The standard InChI is InChI=1S/C10H10N2O3/c1-14-8-5-3-4-7(9(8)15-2)10(13)12-6-11/h3-5H,1-2H3,(H,12,13). The molecule has 5 nitrogen and oxygen atoms in total. The predicted octanol–water partition coefficient (Wildman–Crippen LogP) is 0.915. The van der Waals surface area contributed by atoms with Crippen molar-refractivity contribution >= 4 is 5.91 Å². The predicted molar refractivity (Wildman–Crippen MR) is 52.6 cm³/mol. The largest absolute Gasteiger partial charge is 0.493 e. The van der Waals surface area contributed by atoms with E-state index in [1.54, 1.807) is 24.4 Å². The van der Waals surface area contributed by atoms with Gasteiger partial charge in [0.2, 0.25) is 0 Å². The van der Waals surface area contributed by atoms with Crippen LogP contribution in [0.2, 0.25) is 0 Å². The first-order valence-corrected chi connectivity index (χ1v) is 4.15. The fraction of sp³-hybridized carbons (Fsp3) is 0.200. The SMILES string of the molecule is COc1cccc(C(=O)NC#N)c1OC. The molecule has 1 amide bonds. The molecule has 0 aliphatic heterocycles. The summed E-state index contributed by atoms with van der Waals surface area (Å²) in [6.07, 6.45) is 1.56. The number of methoxy groups -OCH3 is 2. The second-order valence-corrected chi connectivity index (χ2v) is 2.61. The van der Waals surface area contributed by atoms with Crippen molar-refractivity contribution in [2.75, 3.05) is 14.2 Å². The molecule has 5 heteroatoms. The van der Waals surface area contributed by atoms with Crippen LogP contribution in [0, 0.1) is 11.5 Å². The van der Waals surface area contributed by atoms with Crippen LogP contribution in [0.15, 0.2) is 18.2 Å². The Bertz CT molecular complexity index is 410. The van der Waals surface area contributed by atoms with E-state index in [-0.39, 0.29) is 5.56 Å². The van der Waals surface area contributed by atoms with E-state index in [4.69, 9.17) is 14.7 Å². The van der Waals surface area contributed by atoms with Gasteiger partial charge in [0.25, 0.3) is 5.91 Å². The number of nitrogens with zero attached hydrogens (tertiary/aromatic N) is 1. The molecule has 0 aliphatic rings. The van der Waals surface area contributed by atoms with Crippen molar-refractivity contribution in [2.45, 2.75) is 0 Å². The zero-order chi connectivity index (χ0) is 11.3. The number of nitrogens with one attached hydrogen (secondary N) is 1. The monoisotopic (exact) mass is 206 g/mol. The van der Waals surface area contributed by atoms with Gasteiger partial charge in [0.05, 0.1) is 19.8 Å². The van der Waals surface area contributed by atoms with Crippen LogP contribution >= 0.6 is 0 Å². The zero-order valence-corrected chi connectivity index (χ0v) is 8.40. The molecule has 0 atom stereocenters. The Labute approximate surface area is 87.2 Å². The number of para-hydroxylation sites is 1. The number of hydrogen-bond acceptors (Lipinski definition) is 4. The molecular formula is C10H10N2O3. The molecule has 1 aromatic rings. The second-order valence-electron chi connectivity index (χ2n) is 2.61. The maximum Gasteiger partial charge on any atom is 0.268 e. The minimum absolute atomic E-state index is 0.262. The Morgan fingerprint density at radius 3 is 2.67 bits per heavy atom. The van der Waals surface area contributed by atoms with Crippen LogP contribution in [0.4, 0.5) is 0 Å². The molecular weight excluding hydrogens is 196 g/mol. The van der Waals surface area contributed by atoms with Gasteiger partial charge >= 0.3 is 0 Å². The van der Waals surface area contributed by atoms with E-state index in [0.29, 0.717) is 11.5 Å². The van der Waals surface area contributed by atoms with Crippen molar-refractivity contribution in [2.24, 2.45) is 0 Å². The van der Waals surface area contributed by atoms with Gasteiger partial charge in [0, 0.05) is 0 Å². The fourth-order valence-corrected chi connectivity index (χ4v) is 1.18. The highest BCUT2D eigenvalue weighted by Crippen LogP contribution is 2.30. The van der Waals surface area contributed by atoms with Gasteiger partial charge in [0.1, 0.15) is 0 Å². The summed E-state index contributed by atoms with van der Waals surface area (Å²) in [6, 6.07) is 4.86. The summed E-state index contributed by atoms with van der Waals surface area (Å²) in [4.78, 5) is 11.4. The number of amides is 1. The number of hydrogen-bond donors (Lipinski definition) is 1. The van der Waals surface area contributed by atoms with E-state index >= 15 is 0 Å². The Morgan fingerprint density at radius 2 is 2.13 bits per heavy atom. The third-order valence-electron chi connectivity index (χ3n) is 1.82. The smallest absolute Gasteiger partial charge is 0.268 e. The number of carbonyl (C=O) groups excluding carboxylic acids is 1. The summed E-state index contributed by atoms with van der Waals surface area (Å²) in [5.74, 6) is 0.240. The van der Waals surface area contributed by atoms with Gasteiger partial charge < -0.3 is 9.47 Å². The number of rotatable bonds is 3. The number of carbonyl (C=O) groups is 1. The quantitative estimate of drug-likeness (QED) is 0.589. The molecule has 1 rings (SSSR count). The van der Waals surface area contributed by atoms with Crippen LogP contribution in [-0.4, -0.2) is 20.1 Å². The van der Waals surface area contributed by atoms with Gasteiger partial charge in [-0.05, 0) is 12.1 Å². The summed E-state index contributed by atoms with van der Waals surface area (Å²) < 4.78 is 10.1. The Kier molecular flexibility index (Phi) is 3.52. The van der Waals surface area contributed by atoms with Crippen LogP contribution in [-0.2, 0) is 0 Å². The van der Waals surface area contributed by atoms with Crippen molar-refractivity contribution in [3.05, 3.63) is 23.8 Å². The van der Waals surface area contributed by atoms with Gasteiger partial charge in [0.15, 0.2) is 17.7 Å². The summed E-state index contributed by atoms with van der Waals surface area (Å²) in [5, 5.41) is 10.4. The van der Waals surface area contributed by atoms with Gasteiger partial charge in [-0.3, -0.25) is 10.1 Å². The highest BCUT2D eigenvalue weighted by molar-refractivity contribution is 5.98. The normalized spacial score (nSPS) is 8.87. The molecule has 0 unspecified atom stereocenters. The molecule has 1 N–H and O–H groups in total. The minimum Gasteiger partial charge on any atom is -0.493 e. The lowest BCUT2D eigenvalue weighted by Gasteiger charge is -2.10. The number of benzene rings is 1. The molecule has 0 bridgehead atoms. The van der Waals surface area contributed by atoms with Crippen molar-refractivity contribution in [3.63, 3.8) is 0 Å². The molecule has 0 saturated carbocycles. The number of ether oxygens (including phenoxy) is 2. The Balaban J connectivity index is 3.18. The molecule has 1 aromatic carbocycles. The van der Waals surface area contributed by atoms with Crippen molar-refractivity contribution in [3.8, 4) is 17.7 Å². The van der Waals surface area contributed by atoms with Gasteiger partial charge in [-0.2, -0.15) is 5.26 Å². The fourth-order valence-electron chi connectivity index (χ4n) is 1.18. The van der Waals surface area contributed by atoms with Crippen LogP contribution in [0.1, 0.15) is 10.4 Å². The molecule has 0 fully saturated rings. The summed E-state index contributed by atoms with van der Waals surface area (Å²) in [6.45, 7) is 0. The molecule has 0 spiro atoms. The molecule has 0 radical (unpaired) electrons. The molecule has 78 valence electrons. The lowest BCUT2D eigenvalue weighted by Crippen LogP contribution is -2.18. The Hall–Kier alpha value is -2.22. The third kappa shape index (κ3) is 2.17. The zero-order valence-electron chi connectivity index (χ0n) is 8.40. The van der Waals surface area contributed by atoms with Crippen LogP contribution in [0.25, 0.3) is 0 Å². The first kappa shape index (κ1) is 10.9. The maximum atomic E-state index is 11.4. The van der Waals surface area contributed by atoms with Gasteiger partial charge in [-0.1, -0.05) is 6.07 Å². The van der Waals surface area contributed by atoms with E-state index < -0.39 is 5.91 Å². The lowest BCUT2D eigenvalue weighted by atomic mass is 10.1. The Morgan fingerprint density at radius 1 is 1.40 bits per heavy atom. The summed E-state index contributed by atoms with van der Waals surface area (Å²) in [7, 11) is 2.91. The molecule has 0 saturated heterocycles. The van der Waals surface area contributed by atoms with E-state index in [1.165, 1.54) is 14.2 Å². The van der Waals surface area contributed by atoms with E-state index in [2.05, 4.69) is 0 Å².